The standard InChI is InChI=1S/C13H21N3O4S/c1-3-4-5-6-9-15-12-8-7-11(16(17)18)10-13(12)21(19,20)14-2/h7-8,10,14-15H,3-6,9H2,1-2H3. The third kappa shape index (κ3) is 4.98. The Morgan fingerprint density at radius 1 is 1.24 bits per heavy atom. The van der Waals surface area contributed by atoms with Crippen LogP contribution < -0.4 is 10.0 Å². The van der Waals surface area contributed by atoms with E-state index in [9.17, 15) is 18.5 Å². The minimum absolute atomic E-state index is 0.102. The number of nitro groups is 1. The van der Waals surface area contributed by atoms with E-state index < -0.39 is 14.9 Å². The Kier molecular flexibility index (Phi) is 6.57. The fourth-order valence-electron chi connectivity index (χ4n) is 1.88. The van der Waals surface area contributed by atoms with E-state index in [0.717, 1.165) is 31.7 Å². The number of hydrogen-bond donors (Lipinski definition) is 2. The molecule has 0 aromatic heterocycles. The number of hydrogen-bond acceptors (Lipinski definition) is 5. The van der Waals surface area contributed by atoms with Crippen molar-refractivity contribution in [2.24, 2.45) is 0 Å². The molecule has 1 aromatic rings. The van der Waals surface area contributed by atoms with Crippen molar-refractivity contribution in [3.8, 4) is 0 Å². The number of benzene rings is 1. The summed E-state index contributed by atoms with van der Waals surface area (Å²) in [5.41, 5.74) is 0.131. The quantitative estimate of drug-likeness (QED) is 0.414. The molecule has 0 aliphatic rings. The van der Waals surface area contributed by atoms with Gasteiger partial charge >= 0.3 is 0 Å². The molecule has 0 bridgehead atoms. The van der Waals surface area contributed by atoms with Crippen LogP contribution in [0.2, 0.25) is 0 Å². The van der Waals surface area contributed by atoms with E-state index in [1.807, 2.05) is 0 Å². The van der Waals surface area contributed by atoms with Crippen LogP contribution in [0.15, 0.2) is 23.1 Å². The van der Waals surface area contributed by atoms with Gasteiger partial charge in [-0.25, -0.2) is 13.1 Å². The zero-order valence-corrected chi connectivity index (χ0v) is 13.1. The fourth-order valence-corrected chi connectivity index (χ4v) is 2.80. The number of anilines is 1. The third-order valence-electron chi connectivity index (χ3n) is 3.08. The molecular formula is C13H21N3O4S. The summed E-state index contributed by atoms with van der Waals surface area (Å²) >= 11 is 0. The van der Waals surface area contributed by atoms with Crippen LogP contribution >= 0.6 is 0 Å². The molecule has 0 fully saturated rings. The maximum Gasteiger partial charge on any atom is 0.270 e. The second-order valence-corrected chi connectivity index (χ2v) is 6.49. The van der Waals surface area contributed by atoms with Gasteiger partial charge in [-0.05, 0) is 19.5 Å². The van der Waals surface area contributed by atoms with E-state index in [0.29, 0.717) is 12.2 Å². The van der Waals surface area contributed by atoms with Gasteiger partial charge in [0.05, 0.1) is 10.6 Å². The molecule has 0 radical (unpaired) electrons. The van der Waals surface area contributed by atoms with E-state index in [4.69, 9.17) is 0 Å². The molecule has 21 heavy (non-hydrogen) atoms. The molecule has 0 unspecified atom stereocenters. The summed E-state index contributed by atoms with van der Waals surface area (Å²) in [6.07, 6.45) is 4.23. The first-order valence-corrected chi connectivity index (χ1v) is 8.36. The monoisotopic (exact) mass is 315 g/mol. The summed E-state index contributed by atoms with van der Waals surface area (Å²) in [5, 5.41) is 13.8. The lowest BCUT2D eigenvalue weighted by Crippen LogP contribution is -2.20. The van der Waals surface area contributed by atoms with Gasteiger partial charge in [0, 0.05) is 18.7 Å². The minimum atomic E-state index is -3.75. The number of nitrogens with zero attached hydrogens (tertiary/aromatic N) is 1. The maximum absolute atomic E-state index is 12.0. The Labute approximate surface area is 124 Å². The largest absolute Gasteiger partial charge is 0.384 e. The molecule has 2 N–H and O–H groups in total. The Balaban J connectivity index is 2.95. The minimum Gasteiger partial charge on any atom is -0.384 e. The first kappa shape index (κ1) is 17.4. The fraction of sp³-hybridized carbons (Fsp3) is 0.538. The van der Waals surface area contributed by atoms with Crippen molar-refractivity contribution in [3.63, 3.8) is 0 Å². The van der Waals surface area contributed by atoms with E-state index in [2.05, 4.69) is 17.0 Å². The zero-order valence-electron chi connectivity index (χ0n) is 12.3. The van der Waals surface area contributed by atoms with Gasteiger partial charge in [-0.3, -0.25) is 10.1 Å². The van der Waals surface area contributed by atoms with Gasteiger partial charge in [-0.15, -0.1) is 0 Å². The summed E-state index contributed by atoms with van der Waals surface area (Å²) in [5.74, 6) is 0. The van der Waals surface area contributed by atoms with Crippen molar-refractivity contribution in [2.45, 2.75) is 37.5 Å². The molecular weight excluding hydrogens is 294 g/mol. The molecule has 0 aliphatic carbocycles. The second-order valence-electron chi connectivity index (χ2n) is 4.63. The van der Waals surface area contributed by atoms with Gasteiger partial charge in [0.15, 0.2) is 0 Å². The molecule has 0 saturated carbocycles. The van der Waals surface area contributed by atoms with Crippen LogP contribution in [0.5, 0.6) is 0 Å². The number of rotatable bonds is 9. The van der Waals surface area contributed by atoms with Crippen LogP contribution in [0, 0.1) is 10.1 Å². The number of non-ortho nitro benzene ring substituents is 1. The van der Waals surface area contributed by atoms with Gasteiger partial charge in [-0.1, -0.05) is 26.2 Å². The second kappa shape index (κ2) is 7.94. The van der Waals surface area contributed by atoms with Crippen LogP contribution in [-0.4, -0.2) is 26.9 Å². The highest BCUT2D eigenvalue weighted by Gasteiger charge is 2.20. The highest BCUT2D eigenvalue weighted by Crippen LogP contribution is 2.26. The molecule has 118 valence electrons. The topological polar surface area (TPSA) is 101 Å². The Morgan fingerprint density at radius 3 is 2.52 bits per heavy atom. The summed E-state index contributed by atoms with van der Waals surface area (Å²) in [7, 11) is -2.47. The van der Waals surface area contributed by atoms with Crippen LogP contribution in [0.4, 0.5) is 11.4 Å². The Hall–Kier alpha value is -1.67. The summed E-state index contributed by atoms with van der Waals surface area (Å²) in [6.45, 7) is 2.74. The summed E-state index contributed by atoms with van der Waals surface area (Å²) < 4.78 is 26.1. The molecule has 0 amide bonds. The van der Waals surface area contributed by atoms with Crippen molar-refractivity contribution in [2.75, 3.05) is 18.9 Å². The van der Waals surface area contributed by atoms with E-state index in [1.165, 1.54) is 19.2 Å². The maximum atomic E-state index is 12.0. The van der Waals surface area contributed by atoms with Crippen molar-refractivity contribution in [1.82, 2.24) is 4.72 Å². The number of unbranched alkanes of at least 4 members (excludes halogenated alkanes) is 3. The summed E-state index contributed by atoms with van der Waals surface area (Å²) in [6, 6.07) is 3.80. The van der Waals surface area contributed by atoms with Crippen LogP contribution in [-0.2, 0) is 10.0 Å². The van der Waals surface area contributed by atoms with Gasteiger partial charge in [0.1, 0.15) is 4.90 Å². The number of sulfonamides is 1. The average molecular weight is 315 g/mol. The SMILES string of the molecule is CCCCCCNc1ccc([N+](=O)[O-])cc1S(=O)(=O)NC. The van der Waals surface area contributed by atoms with E-state index in [-0.39, 0.29) is 10.6 Å². The molecule has 7 nitrogen and oxygen atoms in total. The molecule has 0 saturated heterocycles. The number of nitrogens with one attached hydrogen (secondary N) is 2. The Bertz CT molecular complexity index is 587. The first-order chi connectivity index (χ1) is 9.92. The van der Waals surface area contributed by atoms with Crippen molar-refractivity contribution >= 4 is 21.4 Å². The van der Waals surface area contributed by atoms with E-state index >= 15 is 0 Å². The van der Waals surface area contributed by atoms with Gasteiger partial charge in [0.2, 0.25) is 10.0 Å². The molecule has 0 atom stereocenters. The van der Waals surface area contributed by atoms with Crippen LogP contribution in [0.1, 0.15) is 32.6 Å². The van der Waals surface area contributed by atoms with Crippen LogP contribution in [0.25, 0.3) is 0 Å². The molecule has 0 heterocycles. The van der Waals surface area contributed by atoms with Crippen molar-refractivity contribution in [3.05, 3.63) is 28.3 Å². The Morgan fingerprint density at radius 2 is 1.95 bits per heavy atom. The lowest BCUT2D eigenvalue weighted by atomic mass is 10.2. The van der Waals surface area contributed by atoms with E-state index in [1.54, 1.807) is 0 Å². The lowest BCUT2D eigenvalue weighted by molar-refractivity contribution is -0.385. The smallest absolute Gasteiger partial charge is 0.270 e. The highest BCUT2D eigenvalue weighted by atomic mass is 32.2. The lowest BCUT2D eigenvalue weighted by Gasteiger charge is -2.12. The first-order valence-electron chi connectivity index (χ1n) is 6.88. The normalized spacial score (nSPS) is 11.3. The molecule has 0 aliphatic heterocycles. The third-order valence-corrected chi connectivity index (χ3v) is 4.53. The average Bonchev–Trinajstić information content (AvgIpc) is 2.46. The molecule has 8 heteroatoms. The highest BCUT2D eigenvalue weighted by molar-refractivity contribution is 7.89. The molecule has 1 aromatic carbocycles. The predicted octanol–water partition coefficient (Wildman–Crippen LogP) is 2.50. The summed E-state index contributed by atoms with van der Waals surface area (Å²) in [4.78, 5) is 10.1. The molecule has 1 rings (SSSR count). The predicted molar refractivity (Wildman–Crippen MR) is 82.0 cm³/mol. The van der Waals surface area contributed by atoms with Gasteiger partial charge < -0.3 is 5.32 Å². The van der Waals surface area contributed by atoms with Crippen molar-refractivity contribution in [1.29, 1.82) is 0 Å². The van der Waals surface area contributed by atoms with Gasteiger partial charge in [-0.2, -0.15) is 0 Å². The van der Waals surface area contributed by atoms with Crippen molar-refractivity contribution < 1.29 is 13.3 Å². The van der Waals surface area contributed by atoms with Gasteiger partial charge in [0.25, 0.3) is 5.69 Å². The zero-order chi connectivity index (χ0) is 15.9. The number of nitro benzene ring substituents is 1. The van der Waals surface area contributed by atoms with Crippen LogP contribution in [0.3, 0.4) is 0 Å². The molecule has 0 spiro atoms.